The van der Waals surface area contributed by atoms with E-state index in [4.69, 9.17) is 19.7 Å². The second-order valence-electron chi connectivity index (χ2n) is 23.4. The lowest BCUT2D eigenvalue weighted by molar-refractivity contribution is -0.143. The molecule has 0 bridgehead atoms. The van der Waals surface area contributed by atoms with E-state index in [1.807, 2.05) is 0 Å². The topological polar surface area (TPSA) is 253 Å². The Labute approximate surface area is 538 Å². The number of aliphatic carboxylic acids is 3. The van der Waals surface area contributed by atoms with Gasteiger partial charge in [-0.25, -0.2) is 0 Å². The lowest BCUT2D eigenvalue weighted by atomic mass is 10.1. The van der Waals surface area contributed by atoms with Crippen LogP contribution in [0.3, 0.4) is 0 Å². The Hall–Kier alpha value is -5.63. The first kappa shape index (κ1) is 83.4. The van der Waals surface area contributed by atoms with Crippen molar-refractivity contribution in [2.45, 2.75) is 277 Å². The molecule has 0 spiro atoms. The molecule has 0 aromatic heterocycles. The Kier molecular flexibility index (Phi) is 61.2. The molecule has 0 aliphatic carbocycles. The van der Waals surface area contributed by atoms with E-state index in [9.17, 15) is 38.7 Å². The van der Waals surface area contributed by atoms with Crippen molar-refractivity contribution >= 4 is 41.5 Å². The molecule has 0 saturated heterocycles. The Morgan fingerprint density at radius 2 is 0.685 bits per heavy atom. The first-order chi connectivity index (χ1) is 43.4. The standard InChI is InChI=1S/C71H120N6O12/c1-3-5-7-9-11-13-15-17-19-21-23-25-27-29-31-33-35-37-39-41-43-45-49-65(78)72-51-47-48-64(75-66(79)50-46-44-42-40-38-36-34-32-30-28-26-24-22-20-18-16-14-12-10-8-6-4-2)71(87)74-53-57-89-59-58-88-56-52-73-67(80)60-76(61-68(81)82)54-55-77(62-69(83)84)63-70(85)86/h64H,3-24,33-63H2,1-2H3,(H,72,78)(H,73,80)(H,74,87)(H,75,79)(H,81,82)(H,83,84)(H,85,86)/t64-/m0/s1. The van der Waals surface area contributed by atoms with Gasteiger partial charge in [-0.2, -0.15) is 0 Å². The molecule has 0 radical (unpaired) electrons. The van der Waals surface area contributed by atoms with Gasteiger partial charge < -0.3 is 46.1 Å². The molecule has 18 nitrogen and oxygen atoms in total. The fraction of sp³-hybridized carbons (Fsp3) is 0.789. The van der Waals surface area contributed by atoms with Crippen molar-refractivity contribution in [2.24, 2.45) is 0 Å². The van der Waals surface area contributed by atoms with Gasteiger partial charge in [-0.05, 0) is 75.0 Å². The van der Waals surface area contributed by atoms with Gasteiger partial charge in [0, 0.05) is 71.2 Å². The summed E-state index contributed by atoms with van der Waals surface area (Å²) in [4.78, 5) is 87.7. The van der Waals surface area contributed by atoms with Gasteiger partial charge in [0.25, 0.3) is 0 Å². The van der Waals surface area contributed by atoms with Gasteiger partial charge in [-0.1, -0.05) is 204 Å². The Bertz CT molecular complexity index is 2080. The second-order valence-corrected chi connectivity index (χ2v) is 23.4. The van der Waals surface area contributed by atoms with E-state index in [0.717, 1.165) is 120 Å². The maximum Gasteiger partial charge on any atom is 0.317 e. The molecular weight excluding hydrogens is 1130 g/mol. The third-order valence-corrected chi connectivity index (χ3v) is 15.0. The molecule has 506 valence electrons. The van der Waals surface area contributed by atoms with Crippen LogP contribution in [0, 0.1) is 47.4 Å². The molecule has 18 heteroatoms. The maximum absolute atomic E-state index is 13.4. The van der Waals surface area contributed by atoms with Crippen molar-refractivity contribution in [3.05, 3.63) is 0 Å². The summed E-state index contributed by atoms with van der Waals surface area (Å²) >= 11 is 0. The zero-order valence-corrected chi connectivity index (χ0v) is 55.5. The van der Waals surface area contributed by atoms with Crippen LogP contribution in [0.25, 0.3) is 0 Å². The average Bonchev–Trinajstić information content (AvgIpc) is 3.55. The highest BCUT2D eigenvalue weighted by atomic mass is 16.5. The first-order valence-electron chi connectivity index (χ1n) is 34.6. The summed E-state index contributed by atoms with van der Waals surface area (Å²) < 4.78 is 11.1. The number of unbranched alkanes of at least 4 members (excludes halogenated alkanes) is 32. The van der Waals surface area contributed by atoms with Crippen molar-refractivity contribution < 1.29 is 58.4 Å². The van der Waals surface area contributed by atoms with Crippen LogP contribution in [0.15, 0.2) is 0 Å². The van der Waals surface area contributed by atoms with Crippen molar-refractivity contribution in [1.29, 1.82) is 0 Å². The number of nitrogens with zero attached hydrogens (tertiary/aromatic N) is 2. The van der Waals surface area contributed by atoms with Crippen LogP contribution in [-0.4, -0.2) is 158 Å². The molecule has 4 amide bonds. The van der Waals surface area contributed by atoms with Gasteiger partial charge in [0.1, 0.15) is 6.04 Å². The summed E-state index contributed by atoms with van der Waals surface area (Å²) in [7, 11) is 0. The smallest absolute Gasteiger partial charge is 0.317 e. The number of ether oxygens (including phenoxy) is 2. The summed E-state index contributed by atoms with van der Waals surface area (Å²) in [5.74, 6) is 20.1. The summed E-state index contributed by atoms with van der Waals surface area (Å²) in [5, 5.41) is 38.8. The predicted molar refractivity (Wildman–Crippen MR) is 356 cm³/mol. The van der Waals surface area contributed by atoms with Gasteiger partial charge in [0.15, 0.2) is 0 Å². The highest BCUT2D eigenvalue weighted by Gasteiger charge is 2.21. The van der Waals surface area contributed by atoms with Crippen LogP contribution < -0.4 is 21.3 Å². The fourth-order valence-corrected chi connectivity index (χ4v) is 9.90. The highest BCUT2D eigenvalue weighted by Crippen LogP contribution is 2.14. The number of hydrogen-bond acceptors (Lipinski definition) is 11. The minimum atomic E-state index is -1.23. The van der Waals surface area contributed by atoms with Gasteiger partial charge >= 0.3 is 17.9 Å². The highest BCUT2D eigenvalue weighted by molar-refractivity contribution is 5.87. The number of rotatable bonds is 62. The van der Waals surface area contributed by atoms with E-state index < -0.39 is 49.5 Å². The third kappa shape index (κ3) is 63.7. The molecule has 0 aliphatic heterocycles. The predicted octanol–water partition coefficient (Wildman–Crippen LogP) is 11.4. The van der Waals surface area contributed by atoms with E-state index in [2.05, 4.69) is 82.5 Å². The Balaban J connectivity index is 4.69. The molecule has 89 heavy (non-hydrogen) atoms. The lowest BCUT2D eigenvalue weighted by Crippen LogP contribution is -2.47. The van der Waals surface area contributed by atoms with Gasteiger partial charge in [-0.3, -0.25) is 43.4 Å². The summed E-state index contributed by atoms with van der Waals surface area (Å²) in [6.07, 6.45) is 43.6. The monoisotopic (exact) mass is 1250 g/mol. The number of carboxylic acids is 3. The van der Waals surface area contributed by atoms with E-state index >= 15 is 0 Å². The van der Waals surface area contributed by atoms with E-state index in [1.54, 1.807) is 0 Å². The Morgan fingerprint density at radius 3 is 1.07 bits per heavy atom. The zero-order chi connectivity index (χ0) is 65.1. The largest absolute Gasteiger partial charge is 0.480 e. The molecule has 0 aliphatic rings. The second kappa shape index (κ2) is 65.3. The molecule has 1 atom stereocenters. The van der Waals surface area contributed by atoms with Gasteiger partial charge in [-0.15, -0.1) is 0 Å². The normalized spacial score (nSPS) is 11.1. The molecular formula is C71H120N6O12. The van der Waals surface area contributed by atoms with Gasteiger partial charge in [0.05, 0.1) is 52.6 Å². The molecule has 0 fully saturated rings. The number of carbonyl (C=O) groups excluding carboxylic acids is 4. The summed E-state index contributed by atoms with van der Waals surface area (Å²) in [5.41, 5.74) is 0. The third-order valence-electron chi connectivity index (χ3n) is 15.0. The van der Waals surface area contributed by atoms with Crippen molar-refractivity contribution in [2.75, 3.05) is 85.3 Å². The van der Waals surface area contributed by atoms with Crippen molar-refractivity contribution in [3.8, 4) is 47.4 Å². The quantitative estimate of drug-likeness (QED) is 0.0221. The van der Waals surface area contributed by atoms with Crippen LogP contribution >= 0.6 is 0 Å². The SMILES string of the molecule is CCCCCCCCCCCCC#CC#CCCCCCCCCC(=O)NCCC[C@H](NC(=O)CCCCCCCCC#CC#CCCCCCCCCCCCC)C(=O)NCCOCCOCCNC(=O)CN(CCN(CC(=O)O)CC(=O)O)CC(=O)O. The number of amides is 4. The average molecular weight is 1250 g/mol. The number of nitrogens with one attached hydrogen (secondary N) is 4. The number of hydrogen-bond donors (Lipinski definition) is 7. The minimum Gasteiger partial charge on any atom is -0.480 e. The summed E-state index contributed by atoms with van der Waals surface area (Å²) in [6.45, 7) is 3.90. The van der Waals surface area contributed by atoms with Crippen LogP contribution in [0.1, 0.15) is 271 Å². The molecule has 0 rings (SSSR count). The molecule has 0 saturated carbocycles. The van der Waals surface area contributed by atoms with Crippen LogP contribution in [0.5, 0.6) is 0 Å². The van der Waals surface area contributed by atoms with E-state index in [1.165, 1.54) is 120 Å². The zero-order valence-electron chi connectivity index (χ0n) is 55.5. The molecule has 0 heterocycles. The van der Waals surface area contributed by atoms with E-state index in [-0.39, 0.29) is 76.9 Å². The van der Waals surface area contributed by atoms with Crippen LogP contribution in [0.2, 0.25) is 0 Å². The van der Waals surface area contributed by atoms with E-state index in [0.29, 0.717) is 32.2 Å². The molecule has 7 N–H and O–H groups in total. The first-order valence-corrected chi connectivity index (χ1v) is 34.6. The Morgan fingerprint density at radius 1 is 0.360 bits per heavy atom. The van der Waals surface area contributed by atoms with Crippen LogP contribution in [0.4, 0.5) is 0 Å². The van der Waals surface area contributed by atoms with Gasteiger partial charge in [0.2, 0.25) is 23.6 Å². The fourth-order valence-electron chi connectivity index (χ4n) is 9.90. The molecule has 0 unspecified atom stereocenters. The summed E-state index contributed by atoms with van der Waals surface area (Å²) in [6, 6.07) is -0.777. The number of carboxylic acid groups (broad SMARTS) is 3. The minimum absolute atomic E-state index is 0.0193. The van der Waals surface area contributed by atoms with Crippen molar-refractivity contribution in [3.63, 3.8) is 0 Å². The lowest BCUT2D eigenvalue weighted by Gasteiger charge is -2.24. The van der Waals surface area contributed by atoms with Crippen LogP contribution in [-0.2, 0) is 43.0 Å². The molecule has 0 aromatic rings. The van der Waals surface area contributed by atoms with Crippen molar-refractivity contribution in [1.82, 2.24) is 31.1 Å². The molecule has 0 aromatic carbocycles. The number of carbonyl (C=O) groups is 7. The maximum atomic E-state index is 13.4.